The first-order valence-corrected chi connectivity index (χ1v) is 13.2. The lowest BCUT2D eigenvalue weighted by molar-refractivity contribution is -0.149. The number of benzene rings is 2. The van der Waals surface area contributed by atoms with Crippen molar-refractivity contribution in [2.24, 2.45) is 0 Å². The summed E-state index contributed by atoms with van der Waals surface area (Å²) >= 11 is 0. The summed E-state index contributed by atoms with van der Waals surface area (Å²) in [6, 6.07) is 19.4. The van der Waals surface area contributed by atoms with Crippen molar-refractivity contribution in [2.75, 3.05) is 30.8 Å². The van der Waals surface area contributed by atoms with E-state index in [9.17, 15) is 14.4 Å². The fourth-order valence-electron chi connectivity index (χ4n) is 6.66. The normalized spacial score (nSPS) is 24.9. The van der Waals surface area contributed by atoms with Crippen LogP contribution < -0.4 is 10.6 Å². The van der Waals surface area contributed by atoms with Crippen molar-refractivity contribution in [3.05, 3.63) is 89.1 Å². The number of carbonyl (C=O) groups is 3. The molecule has 1 saturated heterocycles. The summed E-state index contributed by atoms with van der Waals surface area (Å²) in [6.07, 6.45) is 4.53. The molecule has 8 heteroatoms. The highest BCUT2D eigenvalue weighted by molar-refractivity contribution is 6.06. The van der Waals surface area contributed by atoms with Crippen molar-refractivity contribution < 1.29 is 14.4 Å². The molecular weight excluding hydrogens is 478 g/mol. The van der Waals surface area contributed by atoms with E-state index in [1.165, 1.54) is 0 Å². The maximum Gasteiger partial charge on any atom is 0.244 e. The molecule has 2 fully saturated rings. The number of anilines is 2. The molecule has 7 rings (SSSR count). The third-order valence-electron chi connectivity index (χ3n) is 8.90. The highest BCUT2D eigenvalue weighted by atomic mass is 16.2. The lowest BCUT2D eigenvalue weighted by Gasteiger charge is -2.44. The van der Waals surface area contributed by atoms with Gasteiger partial charge in [-0.15, -0.1) is 0 Å². The summed E-state index contributed by atoms with van der Waals surface area (Å²) in [5.74, 6) is 0.422. The van der Waals surface area contributed by atoms with E-state index in [-0.39, 0.29) is 30.3 Å². The number of amides is 3. The molecule has 2 atom stereocenters. The van der Waals surface area contributed by atoms with E-state index in [1.807, 2.05) is 67.7 Å². The number of rotatable bonds is 4. The van der Waals surface area contributed by atoms with Gasteiger partial charge in [0.05, 0.1) is 11.5 Å². The number of pyridine rings is 1. The van der Waals surface area contributed by atoms with Gasteiger partial charge in [-0.25, -0.2) is 4.98 Å². The average Bonchev–Trinajstić information content (AvgIpc) is 3.57. The Labute approximate surface area is 221 Å². The summed E-state index contributed by atoms with van der Waals surface area (Å²) in [5.41, 5.74) is 3.68. The SMILES string of the molecule is CN1C[C@H](c2ccccc2)N(CC(=O)Nc2ccc3c(c2)C[C@@]2(C3)C(=O)Nc3ncccc32)C(=O)C12CC2. The zero-order valence-electron chi connectivity index (χ0n) is 21.2. The van der Waals surface area contributed by atoms with Crippen LogP contribution in [0.5, 0.6) is 0 Å². The van der Waals surface area contributed by atoms with Crippen molar-refractivity contribution in [3.63, 3.8) is 0 Å². The number of hydrogen-bond acceptors (Lipinski definition) is 5. The Kier molecular flexibility index (Phi) is 5.00. The molecule has 0 bridgehead atoms. The van der Waals surface area contributed by atoms with Crippen LogP contribution in [-0.4, -0.2) is 58.2 Å². The third kappa shape index (κ3) is 3.40. The number of nitrogens with one attached hydrogen (secondary N) is 2. The van der Waals surface area contributed by atoms with E-state index in [0.717, 1.165) is 35.1 Å². The number of piperazine rings is 1. The van der Waals surface area contributed by atoms with E-state index >= 15 is 0 Å². The van der Waals surface area contributed by atoms with E-state index < -0.39 is 11.0 Å². The van der Waals surface area contributed by atoms with Crippen LogP contribution in [0.25, 0.3) is 0 Å². The first kappa shape index (κ1) is 23.1. The Morgan fingerprint density at radius 3 is 2.63 bits per heavy atom. The Hall–Kier alpha value is -4.04. The van der Waals surface area contributed by atoms with Gasteiger partial charge in [-0.3, -0.25) is 19.3 Å². The molecule has 8 nitrogen and oxygen atoms in total. The van der Waals surface area contributed by atoms with Gasteiger partial charge in [-0.05, 0) is 67.6 Å². The number of nitrogens with zero attached hydrogens (tertiary/aromatic N) is 3. The molecule has 2 aliphatic heterocycles. The number of hydrogen-bond donors (Lipinski definition) is 2. The fourth-order valence-corrected chi connectivity index (χ4v) is 6.66. The van der Waals surface area contributed by atoms with Gasteiger partial charge in [0.15, 0.2) is 0 Å². The van der Waals surface area contributed by atoms with Crippen LogP contribution in [0.4, 0.5) is 11.5 Å². The van der Waals surface area contributed by atoms with E-state index in [0.29, 0.717) is 30.9 Å². The Morgan fingerprint density at radius 1 is 1.05 bits per heavy atom. The molecule has 3 amide bonds. The monoisotopic (exact) mass is 507 g/mol. The topological polar surface area (TPSA) is 94.6 Å². The number of fused-ring (bicyclic) bond motifs is 3. The van der Waals surface area contributed by atoms with Crippen molar-refractivity contribution in [2.45, 2.75) is 42.7 Å². The second kappa shape index (κ2) is 8.23. The number of aromatic nitrogens is 1. The molecule has 0 radical (unpaired) electrons. The van der Waals surface area contributed by atoms with Crippen LogP contribution in [0.1, 0.15) is 41.1 Å². The summed E-state index contributed by atoms with van der Waals surface area (Å²) < 4.78 is 0. The lowest BCUT2D eigenvalue weighted by Crippen LogP contribution is -2.59. The van der Waals surface area contributed by atoms with Gasteiger partial charge in [0.1, 0.15) is 17.9 Å². The molecule has 2 aromatic carbocycles. The molecule has 2 aliphatic carbocycles. The summed E-state index contributed by atoms with van der Waals surface area (Å²) in [5, 5.41) is 5.95. The molecule has 1 saturated carbocycles. The van der Waals surface area contributed by atoms with Gasteiger partial charge in [0.2, 0.25) is 17.7 Å². The van der Waals surface area contributed by atoms with Gasteiger partial charge in [-0.2, -0.15) is 0 Å². The van der Waals surface area contributed by atoms with E-state index in [2.05, 4.69) is 20.5 Å². The summed E-state index contributed by atoms with van der Waals surface area (Å²) in [6.45, 7) is 0.693. The third-order valence-corrected chi connectivity index (χ3v) is 8.90. The Morgan fingerprint density at radius 2 is 1.84 bits per heavy atom. The maximum absolute atomic E-state index is 13.6. The lowest BCUT2D eigenvalue weighted by atomic mass is 9.79. The van der Waals surface area contributed by atoms with Crippen LogP contribution >= 0.6 is 0 Å². The zero-order valence-corrected chi connectivity index (χ0v) is 21.2. The molecule has 2 N–H and O–H groups in total. The van der Waals surface area contributed by atoms with Crippen LogP contribution in [0.15, 0.2) is 66.9 Å². The smallest absolute Gasteiger partial charge is 0.244 e. The molecular formula is C30H29N5O3. The van der Waals surface area contributed by atoms with Crippen molar-refractivity contribution in [1.29, 1.82) is 0 Å². The molecule has 3 heterocycles. The molecule has 3 aromatic rings. The van der Waals surface area contributed by atoms with Gasteiger partial charge >= 0.3 is 0 Å². The minimum absolute atomic E-state index is 0.00351. The molecule has 38 heavy (non-hydrogen) atoms. The summed E-state index contributed by atoms with van der Waals surface area (Å²) in [7, 11) is 2.01. The maximum atomic E-state index is 13.6. The van der Waals surface area contributed by atoms with Crippen LogP contribution in [0.3, 0.4) is 0 Å². The van der Waals surface area contributed by atoms with Gasteiger partial charge in [-0.1, -0.05) is 42.5 Å². The number of carbonyl (C=O) groups excluding carboxylic acids is 3. The molecule has 4 aliphatic rings. The van der Waals surface area contributed by atoms with Crippen LogP contribution in [0.2, 0.25) is 0 Å². The van der Waals surface area contributed by atoms with Crippen LogP contribution in [0, 0.1) is 0 Å². The van der Waals surface area contributed by atoms with Crippen molar-refractivity contribution in [1.82, 2.24) is 14.8 Å². The highest BCUT2D eigenvalue weighted by Gasteiger charge is 2.59. The molecule has 1 aromatic heterocycles. The predicted molar refractivity (Wildman–Crippen MR) is 143 cm³/mol. The molecule has 2 spiro atoms. The second-order valence-corrected chi connectivity index (χ2v) is 11.1. The first-order chi connectivity index (χ1) is 18.4. The Bertz CT molecular complexity index is 1480. The minimum atomic E-state index is -0.651. The number of likely N-dealkylation sites (N-methyl/N-ethyl adjacent to an activating group) is 1. The fraction of sp³-hybridized carbons (Fsp3) is 0.333. The van der Waals surface area contributed by atoms with Crippen molar-refractivity contribution in [3.8, 4) is 0 Å². The molecule has 0 unspecified atom stereocenters. The standard InChI is InChI=1S/C30H29N5O3/c1-34-17-24(19-6-3-2-4-7-19)35(28(38)30(34)11-12-30)18-25(36)32-22-10-9-20-15-29(16-21(20)14-22)23-8-5-13-31-26(23)33-27(29)37/h2-10,13-14,24H,11-12,15-18H2,1H3,(H,32,36)(H,31,33,37)/t24-,29-/m1/s1. The zero-order chi connectivity index (χ0) is 26.1. The highest BCUT2D eigenvalue weighted by Crippen LogP contribution is 2.48. The Balaban J connectivity index is 1.11. The molecule has 192 valence electrons. The average molecular weight is 508 g/mol. The first-order valence-electron chi connectivity index (χ1n) is 13.2. The van der Waals surface area contributed by atoms with Crippen LogP contribution in [-0.2, 0) is 32.6 Å². The summed E-state index contributed by atoms with van der Waals surface area (Å²) in [4.78, 5) is 48.1. The largest absolute Gasteiger partial charge is 0.325 e. The van der Waals surface area contributed by atoms with Crippen molar-refractivity contribution >= 4 is 29.2 Å². The van der Waals surface area contributed by atoms with Gasteiger partial charge < -0.3 is 15.5 Å². The minimum Gasteiger partial charge on any atom is -0.325 e. The van der Waals surface area contributed by atoms with E-state index in [4.69, 9.17) is 0 Å². The van der Waals surface area contributed by atoms with Gasteiger partial charge in [0, 0.05) is 24.0 Å². The quantitative estimate of drug-likeness (QED) is 0.566. The van der Waals surface area contributed by atoms with E-state index in [1.54, 1.807) is 11.1 Å². The predicted octanol–water partition coefficient (Wildman–Crippen LogP) is 3.06. The van der Waals surface area contributed by atoms with Gasteiger partial charge in [0.25, 0.3) is 0 Å². The second-order valence-electron chi connectivity index (χ2n) is 11.1.